The maximum Gasteiger partial charge on any atom is 0.268 e. The number of likely N-dealkylation sites (N-methyl/N-ethyl adjacent to an activating group) is 1. The number of rotatable bonds is 44. The van der Waals surface area contributed by atoms with E-state index in [9.17, 15) is 19.4 Å². The van der Waals surface area contributed by atoms with Gasteiger partial charge in [0, 0.05) is 6.42 Å². The molecule has 0 bridgehead atoms. The van der Waals surface area contributed by atoms with Gasteiger partial charge in [0.05, 0.1) is 39.9 Å². The van der Waals surface area contributed by atoms with Gasteiger partial charge in [0.2, 0.25) is 5.91 Å². The van der Waals surface area contributed by atoms with Crippen LogP contribution in [0.25, 0.3) is 0 Å². The van der Waals surface area contributed by atoms with Gasteiger partial charge in [0.15, 0.2) is 0 Å². The average Bonchev–Trinajstić information content (AvgIpc) is 3.15. The van der Waals surface area contributed by atoms with Gasteiger partial charge in [0.1, 0.15) is 13.2 Å². The summed E-state index contributed by atoms with van der Waals surface area (Å²) in [5, 5.41) is 13.9. The number of unbranched alkanes of at least 4 members (excludes halogenated alkanes) is 29. The summed E-state index contributed by atoms with van der Waals surface area (Å²) in [4.78, 5) is 25.4. The zero-order valence-electron chi connectivity index (χ0n) is 37.9. The number of phosphoric acid groups is 1. The SMILES string of the molecule is CCCCCCCCCCC/C=C\CCCCCCCC(=O)NC(COP(=O)([O-])OCC[N+](C)(C)C)C(O)CCCCCCCCCCCCCCCCCC. The van der Waals surface area contributed by atoms with Crippen LogP contribution < -0.4 is 10.2 Å². The summed E-state index contributed by atoms with van der Waals surface area (Å²) < 4.78 is 23.3. The van der Waals surface area contributed by atoms with Crippen molar-refractivity contribution in [1.29, 1.82) is 0 Å². The monoisotopic (exact) mass is 815 g/mol. The summed E-state index contributed by atoms with van der Waals surface area (Å²) in [5.74, 6) is -0.171. The van der Waals surface area contributed by atoms with Crippen molar-refractivity contribution in [3.8, 4) is 0 Å². The van der Waals surface area contributed by atoms with Crippen LogP contribution in [0.5, 0.6) is 0 Å². The van der Waals surface area contributed by atoms with E-state index in [4.69, 9.17) is 9.05 Å². The number of phosphoric ester groups is 1. The Hall–Kier alpha value is -0.760. The van der Waals surface area contributed by atoms with Crippen LogP contribution in [-0.2, 0) is 18.4 Å². The van der Waals surface area contributed by atoms with E-state index in [0.29, 0.717) is 23.9 Å². The number of quaternary nitrogens is 1. The van der Waals surface area contributed by atoms with Crippen LogP contribution >= 0.6 is 7.82 Å². The molecule has 0 aliphatic carbocycles. The molecular formula is C47H95N2O6P. The minimum absolute atomic E-state index is 0.0126. The standard InChI is InChI=1S/C47H95N2O6P/c1-6-8-10-12-14-16-18-20-22-24-25-27-29-31-33-35-37-39-41-47(51)48-45(44-55-56(52,53)54-43-42-49(3,4)5)46(50)40-38-36-34-32-30-28-26-23-21-19-17-15-13-11-9-7-2/h25,27,45-46,50H,6-24,26,28-44H2,1-5H3,(H-,48,51,52,53)/b27-25-. The molecule has 56 heavy (non-hydrogen) atoms. The number of nitrogens with zero attached hydrogens (tertiary/aromatic N) is 1. The van der Waals surface area contributed by atoms with E-state index in [1.165, 1.54) is 154 Å². The molecule has 0 rings (SSSR count). The lowest BCUT2D eigenvalue weighted by atomic mass is 10.0. The maximum absolute atomic E-state index is 12.9. The Morgan fingerprint density at radius 2 is 0.982 bits per heavy atom. The van der Waals surface area contributed by atoms with Crippen LogP contribution in [-0.4, -0.2) is 68.5 Å². The van der Waals surface area contributed by atoms with Gasteiger partial charge < -0.3 is 28.8 Å². The second-order valence-electron chi connectivity index (χ2n) is 17.8. The molecule has 0 aromatic rings. The summed E-state index contributed by atoms with van der Waals surface area (Å²) in [5.41, 5.74) is 0. The van der Waals surface area contributed by atoms with E-state index in [1.54, 1.807) is 0 Å². The first-order chi connectivity index (χ1) is 27.0. The first kappa shape index (κ1) is 55.2. The molecule has 1 amide bonds. The van der Waals surface area contributed by atoms with Crippen molar-refractivity contribution in [3.63, 3.8) is 0 Å². The fourth-order valence-electron chi connectivity index (χ4n) is 7.15. The van der Waals surface area contributed by atoms with Crippen LogP contribution in [0.3, 0.4) is 0 Å². The molecule has 0 saturated heterocycles. The molecular weight excluding hydrogens is 719 g/mol. The molecule has 8 nitrogen and oxygen atoms in total. The van der Waals surface area contributed by atoms with E-state index in [1.807, 2.05) is 21.1 Å². The third kappa shape index (κ3) is 41.4. The smallest absolute Gasteiger partial charge is 0.268 e. The highest BCUT2D eigenvalue weighted by Crippen LogP contribution is 2.38. The van der Waals surface area contributed by atoms with Crippen molar-refractivity contribution in [1.82, 2.24) is 5.32 Å². The predicted octanol–water partition coefficient (Wildman–Crippen LogP) is 12.9. The Kier molecular flexibility index (Phi) is 39.1. The van der Waals surface area contributed by atoms with E-state index in [0.717, 1.165) is 51.4 Å². The Balaban J connectivity index is 4.31. The molecule has 0 spiro atoms. The fraction of sp³-hybridized carbons (Fsp3) is 0.936. The number of aliphatic hydroxyl groups is 1. The highest BCUT2D eigenvalue weighted by Gasteiger charge is 2.24. The topological polar surface area (TPSA) is 108 Å². The molecule has 0 heterocycles. The quantitative estimate of drug-likeness (QED) is 0.0274. The Morgan fingerprint density at radius 3 is 1.39 bits per heavy atom. The van der Waals surface area contributed by atoms with Gasteiger partial charge in [-0.1, -0.05) is 199 Å². The lowest BCUT2D eigenvalue weighted by molar-refractivity contribution is -0.870. The van der Waals surface area contributed by atoms with Crippen LogP contribution in [0.4, 0.5) is 0 Å². The van der Waals surface area contributed by atoms with E-state index >= 15 is 0 Å². The van der Waals surface area contributed by atoms with Crippen LogP contribution in [0.1, 0.15) is 232 Å². The van der Waals surface area contributed by atoms with Gasteiger partial charge in [-0.3, -0.25) is 9.36 Å². The first-order valence-electron chi connectivity index (χ1n) is 24.0. The van der Waals surface area contributed by atoms with Gasteiger partial charge in [-0.2, -0.15) is 0 Å². The number of hydrogen-bond acceptors (Lipinski definition) is 6. The highest BCUT2D eigenvalue weighted by molar-refractivity contribution is 7.45. The zero-order valence-corrected chi connectivity index (χ0v) is 38.7. The third-order valence-corrected chi connectivity index (χ3v) is 12.0. The summed E-state index contributed by atoms with van der Waals surface area (Å²) in [7, 11) is 1.31. The molecule has 334 valence electrons. The lowest BCUT2D eigenvalue weighted by Crippen LogP contribution is -2.46. The van der Waals surface area contributed by atoms with Crippen LogP contribution in [0, 0.1) is 0 Å². The molecule has 3 atom stereocenters. The maximum atomic E-state index is 12.9. The largest absolute Gasteiger partial charge is 0.756 e. The molecule has 3 unspecified atom stereocenters. The third-order valence-electron chi connectivity index (χ3n) is 11.0. The van der Waals surface area contributed by atoms with Gasteiger partial charge in [0.25, 0.3) is 7.82 Å². The normalized spacial score (nSPS) is 14.3. The summed E-state index contributed by atoms with van der Waals surface area (Å²) in [6, 6.07) is -0.801. The Bertz CT molecular complexity index is 927. The van der Waals surface area contributed by atoms with Crippen LogP contribution in [0.2, 0.25) is 0 Å². The number of aliphatic hydroxyl groups excluding tert-OH is 1. The summed E-state index contributed by atoms with van der Waals surface area (Å²) in [6.45, 7) is 4.73. The van der Waals surface area contributed by atoms with E-state index in [2.05, 4.69) is 31.3 Å². The second kappa shape index (κ2) is 39.7. The molecule has 0 aliphatic heterocycles. The Labute approximate surface area is 348 Å². The number of carbonyl (C=O) groups is 1. The molecule has 0 aliphatic rings. The molecule has 2 N–H and O–H groups in total. The Morgan fingerprint density at radius 1 is 0.607 bits per heavy atom. The minimum Gasteiger partial charge on any atom is -0.756 e. The molecule has 0 aromatic heterocycles. The minimum atomic E-state index is -4.56. The van der Waals surface area contributed by atoms with Crippen molar-refractivity contribution in [2.45, 2.75) is 244 Å². The summed E-state index contributed by atoms with van der Waals surface area (Å²) in [6.07, 6.45) is 45.0. The molecule has 0 aromatic carbocycles. The summed E-state index contributed by atoms with van der Waals surface area (Å²) >= 11 is 0. The van der Waals surface area contributed by atoms with Gasteiger partial charge in [-0.05, 0) is 38.5 Å². The van der Waals surface area contributed by atoms with Gasteiger partial charge in [-0.15, -0.1) is 0 Å². The van der Waals surface area contributed by atoms with E-state index in [-0.39, 0.29) is 19.1 Å². The highest BCUT2D eigenvalue weighted by atomic mass is 31.2. The zero-order chi connectivity index (χ0) is 41.4. The molecule has 0 saturated carbocycles. The number of allylic oxidation sites excluding steroid dienone is 2. The van der Waals surface area contributed by atoms with Gasteiger partial charge in [-0.25, -0.2) is 0 Å². The number of nitrogens with one attached hydrogen (secondary N) is 1. The molecule has 9 heteroatoms. The second-order valence-corrected chi connectivity index (χ2v) is 19.2. The number of carbonyl (C=O) groups excluding carboxylic acids is 1. The van der Waals surface area contributed by atoms with Crippen LogP contribution in [0.15, 0.2) is 12.2 Å². The van der Waals surface area contributed by atoms with Crippen molar-refractivity contribution in [2.75, 3.05) is 40.9 Å². The van der Waals surface area contributed by atoms with Gasteiger partial charge >= 0.3 is 0 Å². The molecule has 0 radical (unpaired) electrons. The van der Waals surface area contributed by atoms with Crippen molar-refractivity contribution in [3.05, 3.63) is 12.2 Å². The molecule has 0 fully saturated rings. The number of hydrogen-bond donors (Lipinski definition) is 2. The van der Waals surface area contributed by atoms with Crippen molar-refractivity contribution in [2.24, 2.45) is 0 Å². The first-order valence-corrected chi connectivity index (χ1v) is 25.5. The fourth-order valence-corrected chi connectivity index (χ4v) is 7.88. The van der Waals surface area contributed by atoms with Crippen molar-refractivity contribution < 1.29 is 32.9 Å². The average molecular weight is 815 g/mol. The van der Waals surface area contributed by atoms with E-state index < -0.39 is 20.0 Å². The van der Waals surface area contributed by atoms with Crippen molar-refractivity contribution >= 4 is 13.7 Å². The lowest BCUT2D eigenvalue weighted by Gasteiger charge is -2.30. The predicted molar refractivity (Wildman–Crippen MR) is 238 cm³/mol. The number of amides is 1.